The van der Waals surface area contributed by atoms with E-state index in [1.807, 2.05) is 0 Å². The van der Waals surface area contributed by atoms with Crippen LogP contribution in [0.3, 0.4) is 0 Å². The Morgan fingerprint density at radius 3 is 2.40 bits per heavy atom. The summed E-state index contributed by atoms with van der Waals surface area (Å²) < 4.78 is 82.6. The van der Waals surface area contributed by atoms with Gasteiger partial charge in [-0.25, -0.2) is 5.48 Å². The Kier molecular flexibility index (Phi) is 6.58. The first kappa shape index (κ1) is 25.4. The molecule has 2 aliphatic heterocycles. The first-order chi connectivity index (χ1) is 16.3. The number of nitrogens with zero attached hydrogens (tertiary/aromatic N) is 1. The van der Waals surface area contributed by atoms with Gasteiger partial charge in [0.25, 0.3) is 5.91 Å². The highest BCUT2D eigenvalue weighted by atomic mass is 35.5. The van der Waals surface area contributed by atoms with Crippen LogP contribution >= 0.6 is 23.8 Å². The van der Waals surface area contributed by atoms with Crippen LogP contribution in [0.4, 0.5) is 26.3 Å². The minimum Gasteiger partial charge on any atom is -0.362 e. The van der Waals surface area contributed by atoms with Crippen LogP contribution in [0.2, 0.25) is 5.02 Å². The second-order valence-corrected chi connectivity index (χ2v) is 8.97. The average molecular weight is 536 g/mol. The van der Waals surface area contributed by atoms with Gasteiger partial charge in [-0.1, -0.05) is 48.1 Å². The summed E-state index contributed by atoms with van der Waals surface area (Å²) in [4.78, 5) is 20.7. The maximum atomic E-state index is 14.3. The highest BCUT2D eigenvalue weighted by Crippen LogP contribution is 2.49. The normalized spacial score (nSPS) is 22.7. The third-order valence-corrected chi connectivity index (χ3v) is 6.43. The molecule has 0 radical (unpaired) electrons. The van der Waals surface area contributed by atoms with Gasteiger partial charge in [0.1, 0.15) is 23.1 Å². The smallest absolute Gasteiger partial charge is 0.362 e. The molecule has 2 aliphatic rings. The predicted octanol–water partition coefficient (Wildman–Crippen LogP) is 4.75. The number of carbonyl (C=O) groups excluding carboxylic acids is 1. The fraction of sp³-hybridized carbons (Fsp3) is 0.318. The van der Waals surface area contributed by atoms with Gasteiger partial charge in [-0.2, -0.15) is 26.3 Å². The van der Waals surface area contributed by atoms with Gasteiger partial charge < -0.3 is 5.32 Å². The minimum atomic E-state index is -4.89. The molecule has 1 amide bonds. The summed E-state index contributed by atoms with van der Waals surface area (Å²) in [5, 5.41) is 2.38. The lowest BCUT2D eigenvalue weighted by molar-refractivity contribution is -0.184. The van der Waals surface area contributed by atoms with Gasteiger partial charge >= 0.3 is 12.4 Å². The first-order valence-corrected chi connectivity index (χ1v) is 10.9. The second-order valence-electron chi connectivity index (χ2n) is 8.13. The molecule has 0 spiro atoms. The zero-order chi connectivity index (χ0) is 25.6. The number of hydrogen-bond acceptors (Lipinski definition) is 4. The van der Waals surface area contributed by atoms with E-state index in [2.05, 4.69) is 15.8 Å². The van der Waals surface area contributed by atoms with E-state index in [0.717, 1.165) is 6.07 Å². The number of nitrogens with one attached hydrogen (secondary N) is 2. The van der Waals surface area contributed by atoms with Crippen LogP contribution in [0.25, 0.3) is 0 Å². The fourth-order valence-electron chi connectivity index (χ4n) is 3.90. The van der Waals surface area contributed by atoms with Crippen LogP contribution in [0, 0.1) is 0 Å². The number of thiocarbonyl (C=S) groups is 1. The molecular formula is C22H16ClF6N3O2S. The van der Waals surface area contributed by atoms with Gasteiger partial charge in [0, 0.05) is 22.7 Å². The van der Waals surface area contributed by atoms with Crippen LogP contribution in [-0.4, -0.2) is 42.0 Å². The summed E-state index contributed by atoms with van der Waals surface area (Å²) in [7, 11) is 0. The molecule has 13 heteroatoms. The average Bonchev–Trinajstić information content (AvgIpc) is 3.40. The summed E-state index contributed by atoms with van der Waals surface area (Å²) in [6.07, 6.45) is -10.4. The van der Waals surface area contributed by atoms with Gasteiger partial charge in [0.15, 0.2) is 0 Å². The standard InChI is InChI=1S/C22H16ClF6N3O2S/c23-15-6-13(5-14(7-15)21(24,25)26)20(22(27,28)29)8-16(30-10-20)11-1-3-12(4-2-11)19(35)31-17-9-34-32-18(17)33/h1-7,17H,8-10H2,(H,31,35)(H,32,33). The molecule has 186 valence electrons. The summed E-state index contributed by atoms with van der Waals surface area (Å²) in [6.45, 7) is -0.699. The number of rotatable bonds is 4. The number of alkyl halides is 6. The maximum Gasteiger partial charge on any atom is 0.416 e. The molecule has 4 rings (SSSR count). The van der Waals surface area contributed by atoms with Crippen LogP contribution < -0.4 is 10.8 Å². The van der Waals surface area contributed by atoms with E-state index in [-0.39, 0.29) is 23.2 Å². The number of amides is 1. The topological polar surface area (TPSA) is 62.7 Å². The molecule has 35 heavy (non-hydrogen) atoms. The monoisotopic (exact) mass is 535 g/mol. The van der Waals surface area contributed by atoms with Gasteiger partial charge in [-0.05, 0) is 29.3 Å². The van der Waals surface area contributed by atoms with Crippen molar-refractivity contribution in [3.05, 3.63) is 69.7 Å². The van der Waals surface area contributed by atoms with Crippen LogP contribution in [0.15, 0.2) is 47.5 Å². The Morgan fingerprint density at radius 2 is 1.83 bits per heavy atom. The molecular weight excluding hydrogens is 520 g/mol. The second kappa shape index (κ2) is 9.07. The van der Waals surface area contributed by atoms with Gasteiger partial charge in [-0.15, -0.1) is 0 Å². The van der Waals surface area contributed by atoms with Gasteiger partial charge in [0.05, 0.1) is 12.1 Å². The van der Waals surface area contributed by atoms with Crippen molar-refractivity contribution in [2.75, 3.05) is 13.2 Å². The van der Waals surface area contributed by atoms with Crippen molar-refractivity contribution < 1.29 is 36.0 Å². The van der Waals surface area contributed by atoms with E-state index in [0.29, 0.717) is 23.3 Å². The molecule has 2 aromatic carbocycles. The quantitative estimate of drug-likeness (QED) is 0.438. The molecule has 1 saturated heterocycles. The molecule has 5 nitrogen and oxygen atoms in total. The Hall–Kier alpha value is -2.70. The Bertz CT molecular complexity index is 1200. The number of aliphatic imine (C=N–C) groups is 1. The molecule has 0 aromatic heterocycles. The van der Waals surface area contributed by atoms with E-state index in [1.54, 1.807) is 12.1 Å². The largest absolute Gasteiger partial charge is 0.416 e. The van der Waals surface area contributed by atoms with Crippen LogP contribution in [0.5, 0.6) is 0 Å². The van der Waals surface area contributed by atoms with Crippen molar-refractivity contribution in [2.45, 2.75) is 30.2 Å². The van der Waals surface area contributed by atoms with E-state index in [9.17, 15) is 31.1 Å². The number of hydrogen-bond donors (Lipinski definition) is 2. The summed E-state index contributed by atoms with van der Waals surface area (Å²) in [5.41, 5.74) is -1.37. The number of hydroxylamine groups is 1. The van der Waals surface area contributed by atoms with Crippen molar-refractivity contribution in [1.29, 1.82) is 0 Å². The maximum absolute atomic E-state index is 14.3. The Balaban J connectivity index is 1.58. The fourth-order valence-corrected chi connectivity index (χ4v) is 4.42. The zero-order valence-electron chi connectivity index (χ0n) is 17.6. The predicted molar refractivity (Wildman–Crippen MR) is 119 cm³/mol. The third-order valence-electron chi connectivity index (χ3n) is 5.85. The van der Waals surface area contributed by atoms with Gasteiger partial charge in [0.2, 0.25) is 0 Å². The van der Waals surface area contributed by atoms with Crippen molar-refractivity contribution in [3.8, 4) is 0 Å². The molecule has 0 aliphatic carbocycles. The van der Waals surface area contributed by atoms with Crippen molar-refractivity contribution in [1.82, 2.24) is 10.8 Å². The summed E-state index contributed by atoms with van der Waals surface area (Å²) >= 11 is 11.0. The SMILES string of the molecule is O=C1NOCC1NC(=S)c1ccc(C2=NCC(c3cc(Cl)cc(C(F)(F)F)c3)(C(F)(F)F)C2)cc1. The Labute approximate surface area is 205 Å². The lowest BCUT2D eigenvalue weighted by Crippen LogP contribution is -2.44. The molecule has 2 unspecified atom stereocenters. The van der Waals surface area contributed by atoms with E-state index < -0.39 is 52.9 Å². The lowest BCUT2D eigenvalue weighted by atomic mass is 9.76. The van der Waals surface area contributed by atoms with Crippen molar-refractivity contribution in [3.63, 3.8) is 0 Å². The molecule has 1 fully saturated rings. The summed E-state index contributed by atoms with van der Waals surface area (Å²) in [5.74, 6) is -0.387. The minimum absolute atomic E-state index is 0.0763. The molecule has 2 heterocycles. The molecule has 2 atom stereocenters. The third kappa shape index (κ3) is 5.00. The molecule has 0 saturated carbocycles. The highest BCUT2D eigenvalue weighted by molar-refractivity contribution is 7.80. The van der Waals surface area contributed by atoms with Crippen molar-refractivity contribution in [2.24, 2.45) is 4.99 Å². The van der Waals surface area contributed by atoms with Gasteiger partial charge in [-0.3, -0.25) is 14.6 Å². The Morgan fingerprint density at radius 1 is 1.14 bits per heavy atom. The lowest BCUT2D eigenvalue weighted by Gasteiger charge is -2.32. The van der Waals surface area contributed by atoms with Crippen LogP contribution in [-0.2, 0) is 21.2 Å². The molecule has 0 bridgehead atoms. The molecule has 2 aromatic rings. The van der Waals surface area contributed by atoms with Crippen molar-refractivity contribution >= 4 is 40.4 Å². The van der Waals surface area contributed by atoms with E-state index in [4.69, 9.17) is 28.7 Å². The molecule has 2 N–H and O–H groups in total. The number of benzene rings is 2. The highest BCUT2D eigenvalue weighted by Gasteiger charge is 2.58. The first-order valence-electron chi connectivity index (χ1n) is 10.1. The van der Waals surface area contributed by atoms with E-state index in [1.165, 1.54) is 12.1 Å². The van der Waals surface area contributed by atoms with E-state index >= 15 is 0 Å². The number of carbonyl (C=O) groups is 1. The zero-order valence-corrected chi connectivity index (χ0v) is 19.1. The number of halogens is 7. The summed E-state index contributed by atoms with van der Waals surface area (Å²) in [6, 6.07) is 7.42. The van der Waals surface area contributed by atoms with Crippen LogP contribution in [0.1, 0.15) is 28.7 Å².